The van der Waals surface area contributed by atoms with Gasteiger partial charge in [-0.2, -0.15) is 10.4 Å². The third-order valence-electron chi connectivity index (χ3n) is 5.73. The van der Waals surface area contributed by atoms with E-state index in [2.05, 4.69) is 50.8 Å². The summed E-state index contributed by atoms with van der Waals surface area (Å²) in [6.45, 7) is 4.13. The molecule has 10 nitrogen and oxygen atoms in total. The van der Waals surface area contributed by atoms with Crippen LogP contribution in [0.3, 0.4) is 0 Å². The van der Waals surface area contributed by atoms with Gasteiger partial charge in [0.25, 0.3) is 0 Å². The number of aromatic nitrogens is 5. The predicted molar refractivity (Wildman–Crippen MR) is 128 cm³/mol. The van der Waals surface area contributed by atoms with Crippen molar-refractivity contribution in [3.8, 4) is 28.0 Å². The summed E-state index contributed by atoms with van der Waals surface area (Å²) in [4.78, 5) is 15.5. The van der Waals surface area contributed by atoms with Gasteiger partial charge < -0.3 is 15.7 Å². The lowest BCUT2D eigenvalue weighted by molar-refractivity contribution is 0.178. The number of carboxylic acid groups (broad SMARTS) is 1. The van der Waals surface area contributed by atoms with Gasteiger partial charge in [0.15, 0.2) is 5.01 Å². The minimum Gasteiger partial charge on any atom is -0.465 e. The molecule has 172 valence electrons. The van der Waals surface area contributed by atoms with Crippen molar-refractivity contribution < 1.29 is 9.90 Å². The molecule has 0 saturated heterocycles. The SMILES string of the molecule is CC(C)Nc1cc(-c2ccc3cc(C#N)cnn23)ncc1-c1nnc(C2CC(NC(=O)O)C2)s1. The molecule has 11 heteroatoms. The maximum Gasteiger partial charge on any atom is 0.404 e. The van der Waals surface area contributed by atoms with Crippen LogP contribution in [0.15, 0.2) is 36.7 Å². The molecule has 1 amide bonds. The molecule has 34 heavy (non-hydrogen) atoms. The number of anilines is 1. The van der Waals surface area contributed by atoms with Gasteiger partial charge in [-0.15, -0.1) is 10.2 Å². The lowest BCUT2D eigenvalue weighted by Crippen LogP contribution is -2.42. The fourth-order valence-electron chi connectivity index (χ4n) is 4.07. The Balaban J connectivity index is 1.45. The molecule has 4 aromatic heterocycles. The van der Waals surface area contributed by atoms with Crippen LogP contribution in [0.4, 0.5) is 10.5 Å². The van der Waals surface area contributed by atoms with Crippen molar-refractivity contribution >= 4 is 28.6 Å². The highest BCUT2D eigenvalue weighted by Gasteiger charge is 2.34. The molecule has 0 aliphatic heterocycles. The summed E-state index contributed by atoms with van der Waals surface area (Å²) in [6.07, 6.45) is 3.81. The summed E-state index contributed by atoms with van der Waals surface area (Å²) in [5, 5.41) is 38.8. The summed E-state index contributed by atoms with van der Waals surface area (Å²) >= 11 is 1.52. The number of hydrogen-bond acceptors (Lipinski definition) is 8. The normalized spacial score (nSPS) is 17.4. The highest BCUT2D eigenvalue weighted by atomic mass is 32.1. The van der Waals surface area contributed by atoms with Crippen LogP contribution in [0.25, 0.3) is 27.5 Å². The van der Waals surface area contributed by atoms with Crippen LogP contribution in [-0.2, 0) is 0 Å². The van der Waals surface area contributed by atoms with Gasteiger partial charge in [0, 0.05) is 29.9 Å². The predicted octanol–water partition coefficient (Wildman–Crippen LogP) is 4.12. The first-order chi connectivity index (χ1) is 16.4. The van der Waals surface area contributed by atoms with Crippen molar-refractivity contribution in [2.75, 3.05) is 5.32 Å². The number of pyridine rings is 1. The summed E-state index contributed by atoms with van der Waals surface area (Å²) < 4.78 is 1.77. The number of rotatable bonds is 6. The van der Waals surface area contributed by atoms with E-state index in [4.69, 9.17) is 10.4 Å². The molecule has 1 aliphatic rings. The van der Waals surface area contributed by atoms with E-state index in [1.54, 1.807) is 16.8 Å². The van der Waals surface area contributed by atoms with Crippen LogP contribution in [0.5, 0.6) is 0 Å². The van der Waals surface area contributed by atoms with Crippen LogP contribution < -0.4 is 10.6 Å². The maximum absolute atomic E-state index is 10.8. The largest absolute Gasteiger partial charge is 0.465 e. The van der Waals surface area contributed by atoms with Crippen molar-refractivity contribution in [3.05, 3.63) is 47.2 Å². The van der Waals surface area contributed by atoms with Gasteiger partial charge in [0.2, 0.25) is 0 Å². The van der Waals surface area contributed by atoms with Gasteiger partial charge in [-0.05, 0) is 51.0 Å². The van der Waals surface area contributed by atoms with E-state index < -0.39 is 6.09 Å². The monoisotopic (exact) mass is 474 g/mol. The van der Waals surface area contributed by atoms with E-state index in [9.17, 15) is 4.79 Å². The van der Waals surface area contributed by atoms with Gasteiger partial charge in [0.1, 0.15) is 11.1 Å². The molecule has 0 spiro atoms. The average molecular weight is 475 g/mol. The number of carbonyl (C=O) groups is 1. The van der Waals surface area contributed by atoms with Crippen molar-refractivity contribution in [2.45, 2.75) is 44.7 Å². The van der Waals surface area contributed by atoms with Crippen molar-refractivity contribution in [1.82, 2.24) is 30.1 Å². The summed E-state index contributed by atoms with van der Waals surface area (Å²) in [7, 11) is 0. The van der Waals surface area contributed by atoms with Gasteiger partial charge in [0.05, 0.1) is 34.2 Å². The fourth-order valence-corrected chi connectivity index (χ4v) is 5.06. The quantitative estimate of drug-likeness (QED) is 0.379. The molecule has 0 atom stereocenters. The molecule has 0 aromatic carbocycles. The zero-order chi connectivity index (χ0) is 23.8. The van der Waals surface area contributed by atoms with Crippen LogP contribution in [0.2, 0.25) is 0 Å². The summed E-state index contributed by atoms with van der Waals surface area (Å²) in [5.41, 5.74) is 4.65. The van der Waals surface area contributed by atoms with Gasteiger partial charge in [-0.25, -0.2) is 9.31 Å². The van der Waals surface area contributed by atoms with Crippen LogP contribution in [-0.4, -0.2) is 48.1 Å². The number of fused-ring (bicyclic) bond motifs is 1. The number of amides is 1. The first kappa shape index (κ1) is 21.8. The second-order valence-electron chi connectivity index (χ2n) is 8.59. The number of nitriles is 1. The molecule has 1 aliphatic carbocycles. The number of nitrogens with zero attached hydrogens (tertiary/aromatic N) is 6. The molecule has 5 rings (SSSR count). The Hall–Kier alpha value is -4.04. The second kappa shape index (κ2) is 8.72. The molecule has 0 bridgehead atoms. The van der Waals surface area contributed by atoms with E-state index in [1.165, 1.54) is 17.5 Å². The first-order valence-corrected chi connectivity index (χ1v) is 11.7. The standard InChI is InChI=1S/C23H22N8O2S/c1-12(2)27-18-8-19(20-4-3-16-5-13(9-24)10-26-31(16)20)25-11-17(18)22-30-29-21(34-22)14-6-15(7-14)28-23(32)33/h3-5,8,10-12,14-15,28H,6-7H2,1-2H3,(H,25,27)(H,32,33). The minimum atomic E-state index is -0.992. The Morgan fingerprint density at radius 3 is 2.82 bits per heavy atom. The Morgan fingerprint density at radius 2 is 2.09 bits per heavy atom. The smallest absolute Gasteiger partial charge is 0.404 e. The topological polar surface area (TPSA) is 141 Å². The third kappa shape index (κ3) is 4.15. The van der Waals surface area contributed by atoms with Gasteiger partial charge in [-0.1, -0.05) is 11.3 Å². The first-order valence-electron chi connectivity index (χ1n) is 10.9. The molecule has 1 saturated carbocycles. The molecular formula is C23H22N8O2S. The highest BCUT2D eigenvalue weighted by molar-refractivity contribution is 7.14. The van der Waals surface area contributed by atoms with Crippen LogP contribution in [0.1, 0.15) is 43.2 Å². The van der Waals surface area contributed by atoms with E-state index in [-0.39, 0.29) is 18.0 Å². The Bertz CT molecular complexity index is 1410. The Kier molecular flexibility index (Phi) is 5.59. The maximum atomic E-state index is 10.8. The molecule has 0 unspecified atom stereocenters. The molecule has 1 fully saturated rings. The van der Waals surface area contributed by atoms with Crippen molar-refractivity contribution in [3.63, 3.8) is 0 Å². The second-order valence-corrected chi connectivity index (χ2v) is 9.59. The number of hydrogen-bond donors (Lipinski definition) is 3. The third-order valence-corrected chi connectivity index (χ3v) is 6.85. The summed E-state index contributed by atoms with van der Waals surface area (Å²) in [5.74, 6) is 0.216. The molecule has 3 N–H and O–H groups in total. The van der Waals surface area contributed by atoms with E-state index in [1.807, 2.05) is 18.2 Å². The van der Waals surface area contributed by atoms with Crippen LogP contribution >= 0.6 is 11.3 Å². The molecule has 4 aromatic rings. The Labute approximate surface area is 199 Å². The van der Waals surface area contributed by atoms with E-state index in [0.717, 1.165) is 51.0 Å². The van der Waals surface area contributed by atoms with E-state index in [0.29, 0.717) is 5.56 Å². The van der Waals surface area contributed by atoms with E-state index >= 15 is 0 Å². The zero-order valence-electron chi connectivity index (χ0n) is 18.6. The summed E-state index contributed by atoms with van der Waals surface area (Å²) in [6, 6.07) is 9.90. The zero-order valence-corrected chi connectivity index (χ0v) is 19.4. The van der Waals surface area contributed by atoms with Crippen molar-refractivity contribution in [2.24, 2.45) is 0 Å². The lowest BCUT2D eigenvalue weighted by Gasteiger charge is -2.33. The van der Waals surface area contributed by atoms with Crippen LogP contribution in [0, 0.1) is 11.3 Å². The molecule has 4 heterocycles. The average Bonchev–Trinajstić information content (AvgIpc) is 3.42. The highest BCUT2D eigenvalue weighted by Crippen LogP contribution is 2.41. The lowest BCUT2D eigenvalue weighted by atomic mass is 9.81. The fraction of sp³-hybridized carbons (Fsp3) is 0.304. The van der Waals surface area contributed by atoms with Crippen molar-refractivity contribution in [1.29, 1.82) is 5.26 Å². The molecular weight excluding hydrogens is 452 g/mol. The number of nitrogens with one attached hydrogen (secondary N) is 2. The van der Waals surface area contributed by atoms with Gasteiger partial charge in [-0.3, -0.25) is 4.98 Å². The molecule has 0 radical (unpaired) electrons. The minimum absolute atomic E-state index is 0.0244. The van der Waals surface area contributed by atoms with Gasteiger partial charge >= 0.3 is 6.09 Å². The Morgan fingerprint density at radius 1 is 1.26 bits per heavy atom.